The molecule has 0 fully saturated rings. The number of carbonyl (C=O) groups excluding carboxylic acids is 1. The van der Waals surface area contributed by atoms with Crippen molar-refractivity contribution in [3.63, 3.8) is 0 Å². The molecule has 1 aromatic heterocycles. The Bertz CT molecular complexity index is 1380. The summed E-state index contributed by atoms with van der Waals surface area (Å²) in [6.07, 6.45) is 0.0171. The van der Waals surface area contributed by atoms with Crippen LogP contribution >= 0.6 is 0 Å². The molecule has 0 spiro atoms. The highest BCUT2D eigenvalue weighted by atomic mass is 16.5. The van der Waals surface area contributed by atoms with Crippen molar-refractivity contribution >= 4 is 17.2 Å². The third-order valence-electron chi connectivity index (χ3n) is 5.52. The van der Waals surface area contributed by atoms with Crippen LogP contribution < -0.4 is 11.1 Å². The topological polar surface area (TPSA) is 84.3 Å². The number of oxazole rings is 1. The molecular weight excluding hydrogens is 404 g/mol. The van der Waals surface area contributed by atoms with Gasteiger partial charge in [-0.25, -0.2) is 9.59 Å². The molecule has 5 rings (SSSR count). The maximum atomic E-state index is 12.2. The first kappa shape index (κ1) is 19.7. The summed E-state index contributed by atoms with van der Waals surface area (Å²) >= 11 is 0. The molecule has 0 aliphatic heterocycles. The van der Waals surface area contributed by atoms with Crippen molar-refractivity contribution < 1.29 is 13.9 Å². The summed E-state index contributed by atoms with van der Waals surface area (Å²) in [6.45, 7) is 0.665. The SMILES string of the molecule is O=C(NCCC#Cc1ccc2[nH]c(=O)oc2c1)OCC1c2ccccc2-c2ccccc21. The van der Waals surface area contributed by atoms with Crippen LogP contribution in [0.1, 0.15) is 29.0 Å². The third kappa shape index (κ3) is 3.88. The summed E-state index contributed by atoms with van der Waals surface area (Å²) in [5.41, 5.74) is 6.61. The predicted molar refractivity (Wildman–Crippen MR) is 121 cm³/mol. The number of fused-ring (bicyclic) bond motifs is 4. The Morgan fingerprint density at radius 1 is 1.03 bits per heavy atom. The molecule has 1 aliphatic carbocycles. The first-order valence-electron chi connectivity index (χ1n) is 10.4. The van der Waals surface area contributed by atoms with Gasteiger partial charge in [-0.2, -0.15) is 0 Å². The van der Waals surface area contributed by atoms with Gasteiger partial charge in [-0.05, 0) is 40.5 Å². The minimum atomic E-state index is -0.489. The molecule has 0 bridgehead atoms. The van der Waals surface area contributed by atoms with E-state index in [1.165, 1.54) is 22.3 Å². The second kappa shape index (κ2) is 8.48. The molecule has 6 heteroatoms. The van der Waals surface area contributed by atoms with Crippen molar-refractivity contribution in [3.8, 4) is 23.0 Å². The van der Waals surface area contributed by atoms with Crippen molar-refractivity contribution in [2.75, 3.05) is 13.2 Å². The lowest BCUT2D eigenvalue weighted by Gasteiger charge is -2.14. The van der Waals surface area contributed by atoms with Gasteiger partial charge in [0.15, 0.2) is 5.58 Å². The average Bonchev–Trinajstić information content (AvgIpc) is 3.34. The summed E-state index contributed by atoms with van der Waals surface area (Å²) in [7, 11) is 0. The maximum Gasteiger partial charge on any atom is 0.417 e. The second-order valence-electron chi connectivity index (χ2n) is 7.53. The largest absolute Gasteiger partial charge is 0.449 e. The van der Waals surface area contributed by atoms with Gasteiger partial charge >= 0.3 is 11.8 Å². The molecule has 0 atom stereocenters. The molecule has 1 heterocycles. The van der Waals surface area contributed by atoms with Crippen LogP contribution in [-0.4, -0.2) is 24.2 Å². The highest BCUT2D eigenvalue weighted by Gasteiger charge is 2.28. The molecule has 4 aromatic rings. The Morgan fingerprint density at radius 2 is 1.75 bits per heavy atom. The minimum absolute atomic E-state index is 0.0383. The normalized spacial score (nSPS) is 12.0. The molecule has 1 aliphatic rings. The van der Waals surface area contributed by atoms with Crippen molar-refractivity contribution in [1.82, 2.24) is 10.3 Å². The van der Waals surface area contributed by atoms with Gasteiger partial charge in [0.2, 0.25) is 0 Å². The zero-order valence-corrected chi connectivity index (χ0v) is 17.2. The van der Waals surface area contributed by atoms with Gasteiger partial charge < -0.3 is 14.5 Å². The number of nitrogens with one attached hydrogen (secondary N) is 2. The minimum Gasteiger partial charge on any atom is -0.449 e. The van der Waals surface area contributed by atoms with E-state index in [1.54, 1.807) is 18.2 Å². The summed E-state index contributed by atoms with van der Waals surface area (Å²) in [5, 5.41) is 2.75. The van der Waals surface area contributed by atoms with E-state index in [0.717, 1.165) is 5.56 Å². The number of H-pyrrole nitrogens is 1. The van der Waals surface area contributed by atoms with Crippen LogP contribution in [0.15, 0.2) is 75.9 Å². The summed E-state index contributed by atoms with van der Waals surface area (Å²) in [4.78, 5) is 26.0. The number of alkyl carbamates (subject to hydrolysis) is 1. The lowest BCUT2D eigenvalue weighted by Crippen LogP contribution is -2.26. The first-order valence-corrected chi connectivity index (χ1v) is 10.4. The maximum absolute atomic E-state index is 12.2. The quantitative estimate of drug-likeness (QED) is 0.376. The van der Waals surface area contributed by atoms with Crippen LogP contribution in [-0.2, 0) is 4.74 Å². The first-order chi connectivity index (χ1) is 15.7. The number of carbonyl (C=O) groups is 1. The van der Waals surface area contributed by atoms with Crippen molar-refractivity contribution in [1.29, 1.82) is 0 Å². The van der Waals surface area contributed by atoms with Gasteiger partial charge in [-0.1, -0.05) is 60.4 Å². The van der Waals surface area contributed by atoms with Crippen molar-refractivity contribution in [3.05, 3.63) is 94.0 Å². The molecular formula is C26H20N2O4. The average molecular weight is 424 g/mol. The van der Waals surface area contributed by atoms with Gasteiger partial charge in [-0.15, -0.1) is 0 Å². The number of aromatic amines is 1. The molecule has 3 aromatic carbocycles. The Labute approximate surface area is 184 Å². The summed E-state index contributed by atoms with van der Waals surface area (Å²) in [5.74, 6) is 5.55. The Morgan fingerprint density at radius 3 is 2.50 bits per heavy atom. The highest BCUT2D eigenvalue weighted by molar-refractivity contribution is 5.79. The van der Waals surface area contributed by atoms with E-state index in [-0.39, 0.29) is 12.5 Å². The molecule has 32 heavy (non-hydrogen) atoms. The molecule has 158 valence electrons. The van der Waals surface area contributed by atoms with Gasteiger partial charge in [0.25, 0.3) is 0 Å². The van der Waals surface area contributed by atoms with E-state index in [9.17, 15) is 9.59 Å². The van der Waals surface area contributed by atoms with Gasteiger partial charge in [0.1, 0.15) is 6.61 Å². The van der Waals surface area contributed by atoms with Gasteiger partial charge in [0, 0.05) is 24.4 Å². The molecule has 6 nitrogen and oxygen atoms in total. The molecule has 0 saturated heterocycles. The van der Waals surface area contributed by atoms with Gasteiger partial charge in [0.05, 0.1) is 5.52 Å². The smallest absolute Gasteiger partial charge is 0.417 e. The number of benzene rings is 3. The van der Waals surface area contributed by atoms with Gasteiger partial charge in [-0.3, -0.25) is 4.98 Å². The standard InChI is InChI=1S/C26H20N2O4/c29-25(27-14-6-5-7-17-12-13-23-24(15-17)32-26(30)28-23)31-16-22-20-10-3-1-8-18(20)19-9-2-4-11-21(19)22/h1-4,8-13,15,22H,6,14,16H2,(H,27,29)(H,28,30). The fourth-order valence-electron chi connectivity index (χ4n) is 4.06. The molecule has 1 amide bonds. The number of hydrogen-bond acceptors (Lipinski definition) is 4. The highest BCUT2D eigenvalue weighted by Crippen LogP contribution is 2.44. The third-order valence-corrected chi connectivity index (χ3v) is 5.52. The van der Waals surface area contributed by atoms with E-state index in [2.05, 4.69) is 46.4 Å². The predicted octanol–water partition coefficient (Wildman–Crippen LogP) is 4.40. The van der Waals surface area contributed by atoms with Crippen LogP contribution in [0.5, 0.6) is 0 Å². The number of rotatable bonds is 4. The van der Waals surface area contributed by atoms with Crippen molar-refractivity contribution in [2.45, 2.75) is 12.3 Å². The van der Waals surface area contributed by atoms with Crippen LogP contribution in [0.25, 0.3) is 22.2 Å². The van der Waals surface area contributed by atoms with Crippen LogP contribution in [0.4, 0.5) is 4.79 Å². The Balaban J connectivity index is 1.14. The fourth-order valence-corrected chi connectivity index (χ4v) is 4.06. The second-order valence-corrected chi connectivity index (χ2v) is 7.53. The summed E-state index contributed by atoms with van der Waals surface area (Å²) < 4.78 is 10.5. The summed E-state index contributed by atoms with van der Waals surface area (Å²) in [6, 6.07) is 21.7. The zero-order chi connectivity index (χ0) is 21.9. The monoisotopic (exact) mass is 424 g/mol. The Kier molecular flexibility index (Phi) is 5.22. The number of ether oxygens (including phenoxy) is 1. The van der Waals surface area contributed by atoms with E-state index < -0.39 is 11.8 Å². The molecule has 0 saturated carbocycles. The van der Waals surface area contributed by atoms with Crippen LogP contribution in [0, 0.1) is 11.8 Å². The molecule has 0 radical (unpaired) electrons. The van der Waals surface area contributed by atoms with Crippen molar-refractivity contribution in [2.24, 2.45) is 0 Å². The molecule has 2 N–H and O–H groups in total. The van der Waals surface area contributed by atoms with Crippen LogP contribution in [0.2, 0.25) is 0 Å². The zero-order valence-electron chi connectivity index (χ0n) is 17.2. The van der Waals surface area contributed by atoms with E-state index in [1.807, 2.05) is 24.3 Å². The van der Waals surface area contributed by atoms with E-state index in [0.29, 0.717) is 24.1 Å². The molecule has 0 unspecified atom stereocenters. The Hall–Kier alpha value is -4.24. The number of hydrogen-bond donors (Lipinski definition) is 2. The lowest BCUT2D eigenvalue weighted by molar-refractivity contribution is 0.143. The van der Waals surface area contributed by atoms with E-state index in [4.69, 9.17) is 9.15 Å². The van der Waals surface area contributed by atoms with Crippen LogP contribution in [0.3, 0.4) is 0 Å². The number of aromatic nitrogens is 1. The fraction of sp³-hybridized carbons (Fsp3) is 0.154. The lowest BCUT2D eigenvalue weighted by atomic mass is 9.98. The van der Waals surface area contributed by atoms with E-state index >= 15 is 0 Å². The number of amides is 1.